The smallest absolute Gasteiger partial charge is 0.0308 e. The zero-order chi connectivity index (χ0) is 13.6. The lowest BCUT2D eigenvalue weighted by Crippen LogP contribution is -2.59. The Bertz CT molecular complexity index is 217. The minimum absolute atomic E-state index is 0.272. The molecule has 1 N–H and O–H groups in total. The molecule has 0 spiro atoms. The third-order valence-electron chi connectivity index (χ3n) is 4.81. The van der Waals surface area contributed by atoms with E-state index in [1.807, 2.05) is 0 Å². The second-order valence-corrected chi connectivity index (χ2v) is 6.59. The number of nitrogens with one attached hydrogen (secondary N) is 1. The van der Waals surface area contributed by atoms with Crippen molar-refractivity contribution in [1.29, 1.82) is 0 Å². The van der Waals surface area contributed by atoms with Crippen LogP contribution in [0.5, 0.6) is 0 Å². The van der Waals surface area contributed by atoms with Crippen molar-refractivity contribution in [3.8, 4) is 0 Å². The van der Waals surface area contributed by atoms with E-state index in [1.165, 1.54) is 51.6 Å². The van der Waals surface area contributed by atoms with E-state index in [2.05, 4.69) is 45.0 Å². The molecule has 2 nitrogen and oxygen atoms in total. The molecule has 0 radical (unpaired) electrons. The average Bonchev–Trinajstić information content (AvgIpc) is 2.58. The molecule has 108 valence electrons. The van der Waals surface area contributed by atoms with Crippen LogP contribution in [0.4, 0.5) is 0 Å². The predicted octanol–water partition coefficient (Wildman–Crippen LogP) is 3.67. The maximum atomic E-state index is 3.60. The number of hydrogen-bond donors (Lipinski definition) is 1. The largest absolute Gasteiger partial charge is 0.315 e. The summed E-state index contributed by atoms with van der Waals surface area (Å²) in [6.45, 7) is 12.1. The Morgan fingerprint density at radius 2 is 1.67 bits per heavy atom. The van der Waals surface area contributed by atoms with Crippen molar-refractivity contribution in [3.63, 3.8) is 0 Å². The Morgan fingerprint density at radius 3 is 2.11 bits per heavy atom. The van der Waals surface area contributed by atoms with E-state index in [-0.39, 0.29) is 5.54 Å². The molecule has 2 atom stereocenters. The van der Waals surface area contributed by atoms with E-state index in [9.17, 15) is 0 Å². The van der Waals surface area contributed by atoms with Gasteiger partial charge in [0.15, 0.2) is 0 Å². The van der Waals surface area contributed by atoms with E-state index in [4.69, 9.17) is 0 Å². The average molecular weight is 254 g/mol. The van der Waals surface area contributed by atoms with Crippen molar-refractivity contribution >= 4 is 0 Å². The van der Waals surface area contributed by atoms with Gasteiger partial charge in [-0.15, -0.1) is 0 Å². The normalized spacial score (nSPS) is 22.5. The highest BCUT2D eigenvalue weighted by Gasteiger charge is 2.37. The summed E-state index contributed by atoms with van der Waals surface area (Å²) in [6.07, 6.45) is 8.20. The van der Waals surface area contributed by atoms with Crippen LogP contribution >= 0.6 is 0 Å². The Kier molecular flexibility index (Phi) is 6.65. The van der Waals surface area contributed by atoms with Crippen molar-refractivity contribution in [3.05, 3.63) is 0 Å². The minimum atomic E-state index is 0.272. The highest BCUT2D eigenvalue weighted by molar-refractivity contribution is 4.96. The van der Waals surface area contributed by atoms with Crippen molar-refractivity contribution in [2.45, 2.75) is 77.8 Å². The first-order chi connectivity index (χ1) is 8.54. The van der Waals surface area contributed by atoms with Gasteiger partial charge < -0.3 is 5.32 Å². The van der Waals surface area contributed by atoms with Crippen LogP contribution in [0, 0.1) is 5.92 Å². The number of likely N-dealkylation sites (tertiary alicyclic amines) is 1. The molecule has 2 unspecified atom stereocenters. The summed E-state index contributed by atoms with van der Waals surface area (Å²) in [6, 6.07) is 0.593. The molecule has 0 aromatic heterocycles. The molecule has 1 saturated heterocycles. The first-order valence-corrected chi connectivity index (χ1v) is 7.96. The first-order valence-electron chi connectivity index (χ1n) is 7.96. The van der Waals surface area contributed by atoms with Gasteiger partial charge in [0.1, 0.15) is 0 Å². The van der Waals surface area contributed by atoms with Crippen LogP contribution in [-0.4, -0.2) is 36.6 Å². The van der Waals surface area contributed by atoms with Gasteiger partial charge in [-0.05, 0) is 59.2 Å². The van der Waals surface area contributed by atoms with Crippen LogP contribution in [0.15, 0.2) is 0 Å². The Labute approximate surface area is 115 Å². The van der Waals surface area contributed by atoms with E-state index in [0.717, 1.165) is 5.92 Å². The van der Waals surface area contributed by atoms with Gasteiger partial charge in [0.2, 0.25) is 0 Å². The molecule has 0 aromatic rings. The standard InChI is InChI=1S/C16H34N2/c1-6-11-14(2)15(17-5)16(3,4)18-12-9-7-8-10-13-18/h14-15,17H,6-13H2,1-5H3. The second-order valence-electron chi connectivity index (χ2n) is 6.59. The fraction of sp³-hybridized carbons (Fsp3) is 1.00. The van der Waals surface area contributed by atoms with Crippen LogP contribution in [0.25, 0.3) is 0 Å². The Balaban J connectivity index is 2.72. The van der Waals surface area contributed by atoms with Crippen LogP contribution in [0.1, 0.15) is 66.2 Å². The summed E-state index contributed by atoms with van der Waals surface area (Å²) >= 11 is 0. The molecular weight excluding hydrogens is 220 g/mol. The van der Waals surface area contributed by atoms with Crippen molar-refractivity contribution in [2.75, 3.05) is 20.1 Å². The summed E-state index contributed by atoms with van der Waals surface area (Å²) in [5, 5.41) is 3.60. The third kappa shape index (κ3) is 3.96. The van der Waals surface area contributed by atoms with Gasteiger partial charge >= 0.3 is 0 Å². The monoisotopic (exact) mass is 254 g/mol. The summed E-state index contributed by atoms with van der Waals surface area (Å²) < 4.78 is 0. The van der Waals surface area contributed by atoms with Gasteiger partial charge in [0.25, 0.3) is 0 Å². The summed E-state index contributed by atoms with van der Waals surface area (Å²) in [4.78, 5) is 2.73. The lowest BCUT2D eigenvalue weighted by molar-refractivity contribution is 0.0632. The molecule has 0 saturated carbocycles. The topological polar surface area (TPSA) is 15.3 Å². The summed E-state index contributed by atoms with van der Waals surface area (Å²) in [5.41, 5.74) is 0.272. The molecule has 2 heteroatoms. The molecule has 1 rings (SSSR count). The molecule has 18 heavy (non-hydrogen) atoms. The Morgan fingerprint density at radius 1 is 1.11 bits per heavy atom. The molecule has 0 bridgehead atoms. The molecular formula is C16H34N2. The fourth-order valence-corrected chi connectivity index (χ4v) is 3.80. The summed E-state index contributed by atoms with van der Waals surface area (Å²) in [7, 11) is 2.14. The lowest BCUT2D eigenvalue weighted by atomic mass is 9.81. The van der Waals surface area contributed by atoms with Gasteiger partial charge in [-0.1, -0.05) is 33.1 Å². The molecule has 1 aliphatic rings. The zero-order valence-corrected chi connectivity index (χ0v) is 13.3. The van der Waals surface area contributed by atoms with Crippen molar-refractivity contribution in [2.24, 2.45) is 5.92 Å². The van der Waals surface area contributed by atoms with Crippen molar-refractivity contribution < 1.29 is 0 Å². The van der Waals surface area contributed by atoms with Crippen LogP contribution in [-0.2, 0) is 0 Å². The number of hydrogen-bond acceptors (Lipinski definition) is 2. The van der Waals surface area contributed by atoms with Crippen LogP contribution in [0.3, 0.4) is 0 Å². The number of nitrogens with zero attached hydrogens (tertiary/aromatic N) is 1. The van der Waals surface area contributed by atoms with Gasteiger partial charge in [0, 0.05) is 11.6 Å². The van der Waals surface area contributed by atoms with Gasteiger partial charge in [-0.3, -0.25) is 4.90 Å². The van der Waals surface area contributed by atoms with E-state index >= 15 is 0 Å². The highest BCUT2D eigenvalue weighted by Crippen LogP contribution is 2.28. The quantitative estimate of drug-likeness (QED) is 0.778. The number of rotatable bonds is 6. The third-order valence-corrected chi connectivity index (χ3v) is 4.81. The molecule has 1 fully saturated rings. The maximum Gasteiger partial charge on any atom is 0.0308 e. The van der Waals surface area contributed by atoms with Gasteiger partial charge in [-0.25, -0.2) is 0 Å². The first kappa shape index (κ1) is 16.0. The SMILES string of the molecule is CCCC(C)C(NC)C(C)(C)N1CCCCCC1. The molecule has 1 heterocycles. The second kappa shape index (κ2) is 7.49. The lowest BCUT2D eigenvalue weighted by Gasteiger charge is -2.46. The van der Waals surface area contributed by atoms with E-state index in [0.29, 0.717) is 6.04 Å². The number of likely N-dealkylation sites (N-methyl/N-ethyl adjacent to an activating group) is 1. The van der Waals surface area contributed by atoms with Gasteiger partial charge in [0.05, 0.1) is 0 Å². The van der Waals surface area contributed by atoms with E-state index < -0.39 is 0 Å². The highest BCUT2D eigenvalue weighted by atomic mass is 15.2. The Hall–Kier alpha value is -0.0800. The predicted molar refractivity (Wildman–Crippen MR) is 81.0 cm³/mol. The molecule has 0 aromatic carbocycles. The summed E-state index contributed by atoms with van der Waals surface area (Å²) in [5.74, 6) is 0.748. The van der Waals surface area contributed by atoms with E-state index in [1.54, 1.807) is 0 Å². The fourth-order valence-electron chi connectivity index (χ4n) is 3.80. The maximum absolute atomic E-state index is 3.60. The van der Waals surface area contributed by atoms with Crippen molar-refractivity contribution in [1.82, 2.24) is 10.2 Å². The molecule has 0 aliphatic carbocycles. The minimum Gasteiger partial charge on any atom is -0.315 e. The van der Waals surface area contributed by atoms with Crippen LogP contribution in [0.2, 0.25) is 0 Å². The molecule has 1 aliphatic heterocycles. The van der Waals surface area contributed by atoms with Gasteiger partial charge in [-0.2, -0.15) is 0 Å². The zero-order valence-electron chi connectivity index (χ0n) is 13.3. The molecule has 0 amide bonds. The van der Waals surface area contributed by atoms with Crippen LogP contribution < -0.4 is 5.32 Å².